The number of rotatable bonds is 12. The van der Waals surface area contributed by atoms with E-state index in [1.165, 1.54) is 23.1 Å². The molecule has 0 saturated heterocycles. The minimum Gasteiger partial charge on any atom is -0.352 e. The van der Waals surface area contributed by atoms with Crippen LogP contribution < -0.4 is 9.62 Å². The van der Waals surface area contributed by atoms with Crippen molar-refractivity contribution in [1.82, 2.24) is 10.2 Å². The predicted molar refractivity (Wildman–Crippen MR) is 171 cm³/mol. The first-order valence-corrected chi connectivity index (χ1v) is 15.9. The summed E-state index contributed by atoms with van der Waals surface area (Å²) in [4.78, 5) is 29.5. The van der Waals surface area contributed by atoms with Gasteiger partial charge in [-0.05, 0) is 63.1 Å². The van der Waals surface area contributed by atoms with Gasteiger partial charge in [0.1, 0.15) is 18.4 Å². The maximum atomic E-state index is 15.0. The number of hydrogen-bond acceptors (Lipinski definition) is 4. The molecule has 0 saturated carbocycles. The number of hydrogen-bond donors (Lipinski definition) is 1. The number of nitrogens with zero attached hydrogens (tertiary/aromatic N) is 2. The molecular weight excluding hydrogens is 577 g/mol. The molecule has 0 bridgehead atoms. The molecule has 1 atom stereocenters. The van der Waals surface area contributed by atoms with E-state index in [1.807, 2.05) is 51.1 Å². The maximum Gasteiger partial charge on any atom is 0.264 e. The van der Waals surface area contributed by atoms with Crippen LogP contribution in [0, 0.1) is 19.7 Å². The molecule has 1 N–H and O–H groups in total. The van der Waals surface area contributed by atoms with E-state index in [1.54, 1.807) is 61.5 Å². The van der Waals surface area contributed by atoms with Gasteiger partial charge in [0.15, 0.2) is 0 Å². The van der Waals surface area contributed by atoms with Crippen molar-refractivity contribution in [2.24, 2.45) is 0 Å². The Morgan fingerprint density at radius 2 is 1.43 bits per heavy atom. The van der Waals surface area contributed by atoms with Gasteiger partial charge in [0.25, 0.3) is 10.0 Å². The number of carbonyl (C=O) groups is 2. The Balaban J connectivity index is 1.82. The van der Waals surface area contributed by atoms with Gasteiger partial charge in [0.2, 0.25) is 11.8 Å². The number of para-hydroxylation sites is 1. The van der Waals surface area contributed by atoms with E-state index >= 15 is 0 Å². The Kier molecular flexibility index (Phi) is 10.5. The molecule has 44 heavy (non-hydrogen) atoms. The lowest BCUT2D eigenvalue weighted by Gasteiger charge is -2.34. The summed E-state index contributed by atoms with van der Waals surface area (Å²) in [5.41, 5.74) is 2.87. The van der Waals surface area contributed by atoms with Crippen molar-refractivity contribution in [2.45, 2.75) is 57.6 Å². The highest BCUT2D eigenvalue weighted by Gasteiger charge is 2.35. The normalized spacial score (nSPS) is 12.0. The zero-order valence-corrected chi connectivity index (χ0v) is 26.2. The van der Waals surface area contributed by atoms with Gasteiger partial charge < -0.3 is 10.2 Å². The number of amides is 2. The number of halogens is 1. The maximum absolute atomic E-state index is 15.0. The Hall–Kier alpha value is -4.50. The Bertz CT molecular complexity index is 1690. The Morgan fingerprint density at radius 3 is 2.07 bits per heavy atom. The van der Waals surface area contributed by atoms with Crippen LogP contribution in [0.1, 0.15) is 36.1 Å². The zero-order chi connectivity index (χ0) is 31.9. The van der Waals surface area contributed by atoms with Crippen LogP contribution in [-0.4, -0.2) is 43.8 Å². The van der Waals surface area contributed by atoms with Gasteiger partial charge in [-0.2, -0.15) is 0 Å². The second-order valence-corrected chi connectivity index (χ2v) is 13.0. The van der Waals surface area contributed by atoms with Crippen molar-refractivity contribution < 1.29 is 22.4 Å². The van der Waals surface area contributed by atoms with Crippen molar-refractivity contribution in [2.75, 3.05) is 10.8 Å². The van der Waals surface area contributed by atoms with Crippen LogP contribution in [0.3, 0.4) is 0 Å². The smallest absolute Gasteiger partial charge is 0.264 e. The summed E-state index contributed by atoms with van der Waals surface area (Å²) in [6, 6.07) is 27.3. The first-order chi connectivity index (χ1) is 21.0. The monoisotopic (exact) mass is 615 g/mol. The predicted octanol–water partition coefficient (Wildman–Crippen LogP) is 5.80. The van der Waals surface area contributed by atoms with Gasteiger partial charge in [-0.15, -0.1) is 0 Å². The largest absolute Gasteiger partial charge is 0.352 e. The van der Waals surface area contributed by atoms with Crippen LogP contribution in [0.2, 0.25) is 0 Å². The molecule has 0 radical (unpaired) electrons. The average molecular weight is 616 g/mol. The fourth-order valence-electron chi connectivity index (χ4n) is 4.94. The Labute approximate surface area is 259 Å². The highest BCUT2D eigenvalue weighted by molar-refractivity contribution is 7.92. The van der Waals surface area contributed by atoms with E-state index in [4.69, 9.17) is 0 Å². The SMILES string of the molecule is Cc1ccc(S(=O)(=O)N(CC(=O)N(Cc2ccccc2F)[C@@H](Cc2ccccc2)C(=O)NC(C)C)c2ccccc2C)cc1. The summed E-state index contributed by atoms with van der Waals surface area (Å²) < 4.78 is 44.3. The minimum absolute atomic E-state index is 0.0261. The molecule has 4 aromatic rings. The second-order valence-electron chi connectivity index (χ2n) is 11.1. The molecule has 0 heterocycles. The average Bonchev–Trinajstić information content (AvgIpc) is 2.99. The van der Waals surface area contributed by atoms with Gasteiger partial charge >= 0.3 is 0 Å². The molecule has 9 heteroatoms. The third kappa shape index (κ3) is 7.90. The van der Waals surface area contributed by atoms with Gasteiger partial charge in [0.05, 0.1) is 10.6 Å². The van der Waals surface area contributed by atoms with Crippen LogP contribution in [0.25, 0.3) is 0 Å². The van der Waals surface area contributed by atoms with Crippen LogP contribution in [0.15, 0.2) is 108 Å². The molecule has 0 aromatic heterocycles. The van der Waals surface area contributed by atoms with E-state index in [2.05, 4.69) is 5.32 Å². The van der Waals surface area contributed by atoms with Crippen LogP contribution in [0.4, 0.5) is 10.1 Å². The molecule has 230 valence electrons. The second kappa shape index (κ2) is 14.3. The van der Waals surface area contributed by atoms with E-state index in [0.717, 1.165) is 15.4 Å². The van der Waals surface area contributed by atoms with Crippen molar-refractivity contribution >= 4 is 27.5 Å². The van der Waals surface area contributed by atoms with Crippen molar-refractivity contribution in [3.8, 4) is 0 Å². The molecule has 0 spiro atoms. The highest BCUT2D eigenvalue weighted by atomic mass is 32.2. The first kappa shape index (κ1) is 32.4. The van der Waals surface area contributed by atoms with Gasteiger partial charge in [-0.25, -0.2) is 12.8 Å². The summed E-state index contributed by atoms with van der Waals surface area (Å²) in [5, 5.41) is 2.90. The molecule has 0 aliphatic carbocycles. The van der Waals surface area contributed by atoms with Crippen LogP contribution >= 0.6 is 0 Å². The molecule has 7 nitrogen and oxygen atoms in total. The minimum atomic E-state index is -4.22. The van der Waals surface area contributed by atoms with E-state index in [9.17, 15) is 22.4 Å². The number of sulfonamides is 1. The standard InChI is InChI=1S/C35H38FN3O4S/c1-25(2)37-35(41)33(22-28-13-6-5-7-14-28)38(23-29-15-9-10-16-31(29)36)34(40)24-39(32-17-11-8-12-27(32)4)44(42,43)30-20-18-26(3)19-21-30/h5-21,25,33H,22-24H2,1-4H3,(H,37,41)/t33-/m0/s1. The summed E-state index contributed by atoms with van der Waals surface area (Å²) in [6.07, 6.45) is 0.147. The fraction of sp³-hybridized carbons (Fsp3) is 0.257. The van der Waals surface area contributed by atoms with Crippen LogP contribution in [0.5, 0.6) is 0 Å². The Morgan fingerprint density at radius 1 is 0.818 bits per heavy atom. The number of carbonyl (C=O) groups excluding carboxylic acids is 2. The lowest BCUT2D eigenvalue weighted by molar-refractivity contribution is -0.140. The summed E-state index contributed by atoms with van der Waals surface area (Å²) in [5.74, 6) is -1.60. The van der Waals surface area contributed by atoms with E-state index < -0.39 is 40.2 Å². The molecular formula is C35H38FN3O4S. The zero-order valence-electron chi connectivity index (χ0n) is 25.4. The molecule has 0 fully saturated rings. The molecule has 4 rings (SSSR count). The van der Waals surface area contributed by atoms with Gasteiger partial charge in [0, 0.05) is 24.6 Å². The number of aryl methyl sites for hydroxylation is 2. The summed E-state index contributed by atoms with van der Waals surface area (Å²) in [7, 11) is -4.22. The van der Waals surface area contributed by atoms with Crippen molar-refractivity contribution in [1.29, 1.82) is 0 Å². The topological polar surface area (TPSA) is 86.8 Å². The van der Waals surface area contributed by atoms with Crippen molar-refractivity contribution in [3.63, 3.8) is 0 Å². The quantitative estimate of drug-likeness (QED) is 0.218. The first-order valence-electron chi connectivity index (χ1n) is 14.5. The molecule has 4 aromatic carbocycles. The fourth-order valence-corrected chi connectivity index (χ4v) is 6.42. The third-order valence-electron chi connectivity index (χ3n) is 7.27. The van der Waals surface area contributed by atoms with Crippen LogP contribution in [-0.2, 0) is 32.6 Å². The number of benzene rings is 4. The molecule has 0 aliphatic rings. The lowest BCUT2D eigenvalue weighted by atomic mass is 10.0. The lowest BCUT2D eigenvalue weighted by Crippen LogP contribution is -2.54. The van der Waals surface area contributed by atoms with E-state index in [0.29, 0.717) is 11.3 Å². The van der Waals surface area contributed by atoms with E-state index in [-0.39, 0.29) is 29.5 Å². The number of anilines is 1. The highest BCUT2D eigenvalue weighted by Crippen LogP contribution is 2.28. The van der Waals surface area contributed by atoms with Gasteiger partial charge in [-0.3, -0.25) is 13.9 Å². The molecule has 0 unspecified atom stereocenters. The summed E-state index contributed by atoms with van der Waals surface area (Å²) in [6.45, 7) is 6.41. The molecule has 0 aliphatic heterocycles. The number of nitrogens with one attached hydrogen (secondary N) is 1. The molecule has 2 amide bonds. The third-order valence-corrected chi connectivity index (χ3v) is 9.05. The summed E-state index contributed by atoms with van der Waals surface area (Å²) >= 11 is 0. The van der Waals surface area contributed by atoms with Crippen molar-refractivity contribution in [3.05, 3.63) is 131 Å². The van der Waals surface area contributed by atoms with Gasteiger partial charge in [-0.1, -0.05) is 84.4 Å².